The van der Waals surface area contributed by atoms with Gasteiger partial charge in [0, 0.05) is 38.1 Å². The normalized spacial score (nSPS) is 20.2. The molecule has 4 rings (SSSR count). The molecule has 0 N–H and O–H groups in total. The van der Waals surface area contributed by atoms with Gasteiger partial charge in [-0.3, -0.25) is 4.79 Å². The average Bonchev–Trinajstić information content (AvgIpc) is 2.79. The Balaban J connectivity index is 1.41. The fourth-order valence-corrected chi connectivity index (χ4v) is 4.07. The molecule has 0 aliphatic carbocycles. The minimum Gasteiger partial charge on any atom is -0.378 e. The molecule has 2 saturated heterocycles. The lowest BCUT2D eigenvalue weighted by atomic mass is 9.95. The SMILES string of the molecule is O=C(c1cnc(N2CCOCC2)nc1)N1CCCC[C@@H]1CCc1ccccc1. The van der Waals surface area contributed by atoms with Crippen molar-refractivity contribution in [2.45, 2.75) is 38.1 Å². The van der Waals surface area contributed by atoms with Crippen molar-refractivity contribution in [2.24, 2.45) is 0 Å². The Morgan fingerprint density at radius 1 is 1.04 bits per heavy atom. The second-order valence-electron chi connectivity index (χ2n) is 7.54. The molecule has 0 unspecified atom stereocenters. The summed E-state index contributed by atoms with van der Waals surface area (Å²) in [6.45, 7) is 3.80. The van der Waals surface area contributed by atoms with Crippen molar-refractivity contribution in [3.63, 3.8) is 0 Å². The lowest BCUT2D eigenvalue weighted by Crippen LogP contribution is -2.44. The zero-order chi connectivity index (χ0) is 19.2. The number of nitrogens with zero attached hydrogens (tertiary/aromatic N) is 4. The van der Waals surface area contributed by atoms with Crippen LogP contribution in [-0.4, -0.2) is 59.7 Å². The van der Waals surface area contributed by atoms with Crippen molar-refractivity contribution < 1.29 is 9.53 Å². The Morgan fingerprint density at radius 3 is 2.54 bits per heavy atom. The first-order valence-corrected chi connectivity index (χ1v) is 10.3. The number of hydrogen-bond acceptors (Lipinski definition) is 5. The highest BCUT2D eigenvalue weighted by molar-refractivity contribution is 5.94. The summed E-state index contributed by atoms with van der Waals surface area (Å²) < 4.78 is 5.37. The summed E-state index contributed by atoms with van der Waals surface area (Å²) in [6.07, 6.45) is 8.71. The number of anilines is 1. The second kappa shape index (κ2) is 9.15. The monoisotopic (exact) mass is 380 g/mol. The molecule has 2 aliphatic heterocycles. The van der Waals surface area contributed by atoms with Gasteiger partial charge in [0.15, 0.2) is 0 Å². The number of aromatic nitrogens is 2. The van der Waals surface area contributed by atoms with Crippen LogP contribution in [0.3, 0.4) is 0 Å². The van der Waals surface area contributed by atoms with Crippen molar-refractivity contribution in [3.8, 4) is 0 Å². The van der Waals surface area contributed by atoms with Crippen LogP contribution in [0.5, 0.6) is 0 Å². The van der Waals surface area contributed by atoms with Crippen molar-refractivity contribution in [2.75, 3.05) is 37.7 Å². The maximum Gasteiger partial charge on any atom is 0.257 e. The fourth-order valence-electron chi connectivity index (χ4n) is 4.07. The Kier molecular flexibility index (Phi) is 6.17. The molecule has 1 atom stereocenters. The zero-order valence-corrected chi connectivity index (χ0v) is 16.3. The molecule has 148 valence electrons. The van der Waals surface area contributed by atoms with E-state index < -0.39 is 0 Å². The number of benzene rings is 1. The van der Waals surface area contributed by atoms with Crippen LogP contribution >= 0.6 is 0 Å². The standard InChI is InChI=1S/C22H28N4O2/c27-21(19-16-23-22(24-17-19)25-12-14-28-15-13-25)26-11-5-4-8-20(26)10-9-18-6-2-1-3-7-18/h1-3,6-7,16-17,20H,4-5,8-15H2/t20-/m1/s1. The van der Waals surface area contributed by atoms with E-state index in [1.54, 1.807) is 12.4 Å². The van der Waals surface area contributed by atoms with Gasteiger partial charge in [-0.15, -0.1) is 0 Å². The van der Waals surface area contributed by atoms with E-state index >= 15 is 0 Å². The average molecular weight is 380 g/mol. The molecular weight excluding hydrogens is 352 g/mol. The number of likely N-dealkylation sites (tertiary alicyclic amines) is 1. The van der Waals surface area contributed by atoms with Crippen molar-refractivity contribution in [1.29, 1.82) is 0 Å². The van der Waals surface area contributed by atoms with Crippen LogP contribution in [0.25, 0.3) is 0 Å². The highest BCUT2D eigenvalue weighted by Gasteiger charge is 2.28. The van der Waals surface area contributed by atoms with Gasteiger partial charge in [-0.05, 0) is 37.7 Å². The number of amides is 1. The van der Waals surface area contributed by atoms with Crippen LogP contribution in [0.1, 0.15) is 41.6 Å². The first kappa shape index (κ1) is 18.9. The summed E-state index contributed by atoms with van der Waals surface area (Å²) >= 11 is 0. The van der Waals surface area contributed by atoms with Gasteiger partial charge in [0.1, 0.15) is 0 Å². The number of ether oxygens (including phenoxy) is 1. The fraction of sp³-hybridized carbons (Fsp3) is 0.500. The Hall–Kier alpha value is -2.47. The zero-order valence-electron chi connectivity index (χ0n) is 16.3. The number of aryl methyl sites for hydroxylation is 1. The molecule has 0 bridgehead atoms. The van der Waals surface area contributed by atoms with E-state index in [0.29, 0.717) is 30.8 Å². The molecule has 0 spiro atoms. The summed E-state index contributed by atoms with van der Waals surface area (Å²) in [4.78, 5) is 26.2. The third-order valence-corrected chi connectivity index (χ3v) is 5.68. The summed E-state index contributed by atoms with van der Waals surface area (Å²) in [5, 5.41) is 0. The third-order valence-electron chi connectivity index (χ3n) is 5.68. The lowest BCUT2D eigenvalue weighted by molar-refractivity contribution is 0.0601. The van der Waals surface area contributed by atoms with Gasteiger partial charge in [-0.2, -0.15) is 0 Å². The van der Waals surface area contributed by atoms with Crippen molar-refractivity contribution in [1.82, 2.24) is 14.9 Å². The summed E-state index contributed by atoms with van der Waals surface area (Å²) in [5.74, 6) is 0.741. The maximum atomic E-state index is 13.1. The van der Waals surface area contributed by atoms with Gasteiger partial charge in [0.25, 0.3) is 5.91 Å². The Bertz CT molecular complexity index is 760. The van der Waals surface area contributed by atoms with Crippen LogP contribution < -0.4 is 4.90 Å². The van der Waals surface area contributed by atoms with Gasteiger partial charge in [-0.25, -0.2) is 9.97 Å². The number of carbonyl (C=O) groups excluding carboxylic acids is 1. The van der Waals surface area contributed by atoms with Gasteiger partial charge in [0.05, 0.1) is 18.8 Å². The van der Waals surface area contributed by atoms with E-state index in [9.17, 15) is 4.79 Å². The van der Waals surface area contributed by atoms with Gasteiger partial charge in [-0.1, -0.05) is 30.3 Å². The van der Waals surface area contributed by atoms with E-state index in [-0.39, 0.29) is 5.91 Å². The highest BCUT2D eigenvalue weighted by atomic mass is 16.5. The topological polar surface area (TPSA) is 58.6 Å². The van der Waals surface area contributed by atoms with Crippen LogP contribution in [0.4, 0.5) is 5.95 Å². The maximum absolute atomic E-state index is 13.1. The van der Waals surface area contributed by atoms with Crippen LogP contribution in [0.15, 0.2) is 42.7 Å². The van der Waals surface area contributed by atoms with E-state index in [0.717, 1.165) is 45.3 Å². The minimum absolute atomic E-state index is 0.0614. The first-order chi connectivity index (χ1) is 13.8. The molecule has 28 heavy (non-hydrogen) atoms. The number of piperidine rings is 1. The van der Waals surface area contributed by atoms with E-state index in [4.69, 9.17) is 4.74 Å². The molecule has 3 heterocycles. The highest BCUT2D eigenvalue weighted by Crippen LogP contribution is 2.23. The molecule has 6 nitrogen and oxygen atoms in total. The molecule has 0 radical (unpaired) electrons. The van der Waals surface area contributed by atoms with E-state index in [2.05, 4.69) is 39.1 Å². The summed E-state index contributed by atoms with van der Waals surface area (Å²) in [6, 6.07) is 10.8. The van der Waals surface area contributed by atoms with Crippen LogP contribution in [0, 0.1) is 0 Å². The second-order valence-corrected chi connectivity index (χ2v) is 7.54. The molecule has 1 amide bonds. The summed E-state index contributed by atoms with van der Waals surface area (Å²) in [7, 11) is 0. The third kappa shape index (κ3) is 4.50. The molecule has 2 aromatic rings. The smallest absolute Gasteiger partial charge is 0.257 e. The largest absolute Gasteiger partial charge is 0.378 e. The lowest BCUT2D eigenvalue weighted by Gasteiger charge is -2.36. The quantitative estimate of drug-likeness (QED) is 0.798. The van der Waals surface area contributed by atoms with Gasteiger partial charge < -0.3 is 14.5 Å². The summed E-state index contributed by atoms with van der Waals surface area (Å²) in [5.41, 5.74) is 1.92. The number of morpholine rings is 1. The van der Waals surface area contributed by atoms with Crippen LogP contribution in [0.2, 0.25) is 0 Å². The van der Waals surface area contributed by atoms with Gasteiger partial charge >= 0.3 is 0 Å². The van der Waals surface area contributed by atoms with E-state index in [1.165, 1.54) is 12.0 Å². The molecule has 0 saturated carbocycles. The predicted molar refractivity (Wildman–Crippen MR) is 109 cm³/mol. The number of hydrogen-bond donors (Lipinski definition) is 0. The number of rotatable bonds is 5. The molecule has 2 fully saturated rings. The number of carbonyl (C=O) groups is 1. The molecule has 6 heteroatoms. The predicted octanol–water partition coefficient (Wildman–Crippen LogP) is 2.94. The molecule has 1 aromatic carbocycles. The van der Waals surface area contributed by atoms with Crippen molar-refractivity contribution >= 4 is 11.9 Å². The van der Waals surface area contributed by atoms with Crippen LogP contribution in [-0.2, 0) is 11.2 Å². The Morgan fingerprint density at radius 2 is 1.79 bits per heavy atom. The first-order valence-electron chi connectivity index (χ1n) is 10.3. The Labute approximate surface area is 166 Å². The van der Waals surface area contributed by atoms with Crippen molar-refractivity contribution in [3.05, 3.63) is 53.9 Å². The molecule has 1 aromatic heterocycles. The van der Waals surface area contributed by atoms with Gasteiger partial charge in [0.2, 0.25) is 5.95 Å². The molecule has 2 aliphatic rings. The van der Waals surface area contributed by atoms with E-state index in [1.807, 2.05) is 11.0 Å². The minimum atomic E-state index is 0.0614. The molecular formula is C22H28N4O2.